The number of rotatable bonds is 5. The first-order chi connectivity index (χ1) is 15.2. The first-order valence-corrected chi connectivity index (χ1v) is 12.3. The van der Waals surface area contributed by atoms with Crippen LogP contribution in [0.3, 0.4) is 0 Å². The van der Waals surface area contributed by atoms with Gasteiger partial charge in [0.25, 0.3) is 0 Å². The standard InChI is InChI=1S/C23H21ClFN3O3S/c24-17-6-5-16-12-28(32(30,31)14-23(25)7-8-23)13-20(19(16)9-17)22(29)27-21-11-26-10-15-3-1-2-4-18(15)21/h1-6,9-11,20H,7-8,12-14H2,(H,27,29). The number of fused-ring (bicyclic) bond motifs is 2. The zero-order valence-corrected chi connectivity index (χ0v) is 18.7. The third-order valence-electron chi connectivity index (χ3n) is 6.09. The Morgan fingerprint density at radius 3 is 2.78 bits per heavy atom. The van der Waals surface area contributed by atoms with Gasteiger partial charge in [-0.2, -0.15) is 4.31 Å². The predicted molar refractivity (Wildman–Crippen MR) is 122 cm³/mol. The fourth-order valence-electron chi connectivity index (χ4n) is 4.16. The van der Waals surface area contributed by atoms with Gasteiger partial charge in [0.15, 0.2) is 0 Å². The molecule has 5 rings (SSSR count). The van der Waals surface area contributed by atoms with Crippen molar-refractivity contribution < 1.29 is 17.6 Å². The number of carbonyl (C=O) groups excluding carboxylic acids is 1. The summed E-state index contributed by atoms with van der Waals surface area (Å²) in [6.45, 7) is 0.0142. The van der Waals surface area contributed by atoms with Gasteiger partial charge < -0.3 is 5.32 Å². The van der Waals surface area contributed by atoms with Gasteiger partial charge in [-0.25, -0.2) is 12.8 Å². The summed E-state index contributed by atoms with van der Waals surface area (Å²) < 4.78 is 41.4. The van der Waals surface area contributed by atoms with E-state index in [4.69, 9.17) is 11.6 Å². The van der Waals surface area contributed by atoms with Crippen LogP contribution in [0.15, 0.2) is 54.9 Å². The molecule has 0 radical (unpaired) electrons. The van der Waals surface area contributed by atoms with Crippen molar-refractivity contribution in [1.82, 2.24) is 9.29 Å². The molecule has 1 aromatic heterocycles. The smallest absolute Gasteiger partial charge is 0.233 e. The van der Waals surface area contributed by atoms with E-state index in [-0.39, 0.29) is 31.8 Å². The summed E-state index contributed by atoms with van der Waals surface area (Å²) in [5, 5.41) is 5.07. The van der Waals surface area contributed by atoms with Gasteiger partial charge in [0, 0.05) is 35.1 Å². The van der Waals surface area contributed by atoms with Gasteiger partial charge in [0.2, 0.25) is 15.9 Å². The molecule has 2 aliphatic rings. The molecular formula is C23H21ClFN3O3S. The van der Waals surface area contributed by atoms with Crippen LogP contribution in [0, 0.1) is 0 Å². The molecule has 166 valence electrons. The lowest BCUT2D eigenvalue weighted by Gasteiger charge is -2.33. The maximum Gasteiger partial charge on any atom is 0.233 e. The van der Waals surface area contributed by atoms with E-state index >= 15 is 0 Å². The van der Waals surface area contributed by atoms with E-state index in [0.717, 1.165) is 10.8 Å². The molecule has 1 amide bonds. The largest absolute Gasteiger partial charge is 0.324 e. The summed E-state index contributed by atoms with van der Waals surface area (Å²) >= 11 is 6.18. The van der Waals surface area contributed by atoms with Gasteiger partial charge in [-0.15, -0.1) is 0 Å². The number of halogens is 2. The minimum atomic E-state index is -3.87. The molecular weight excluding hydrogens is 453 g/mol. The Labute approximate surface area is 190 Å². The fraction of sp³-hybridized carbons (Fsp3) is 0.304. The number of anilines is 1. The fourth-order valence-corrected chi connectivity index (χ4v) is 6.18. The highest BCUT2D eigenvalue weighted by atomic mass is 35.5. The number of hydrogen-bond donors (Lipinski definition) is 1. The van der Waals surface area contributed by atoms with Crippen molar-refractivity contribution in [1.29, 1.82) is 0 Å². The van der Waals surface area contributed by atoms with Crippen LogP contribution in [0.5, 0.6) is 0 Å². The van der Waals surface area contributed by atoms with Crippen molar-refractivity contribution in [2.75, 3.05) is 17.6 Å². The lowest BCUT2D eigenvalue weighted by Crippen LogP contribution is -2.44. The third-order valence-corrected chi connectivity index (χ3v) is 8.27. The molecule has 0 bridgehead atoms. The molecule has 0 saturated heterocycles. The van der Waals surface area contributed by atoms with Crippen LogP contribution in [-0.4, -0.2) is 41.6 Å². The van der Waals surface area contributed by atoms with Crippen LogP contribution in [0.2, 0.25) is 5.02 Å². The monoisotopic (exact) mass is 473 g/mol. The third kappa shape index (κ3) is 4.10. The van der Waals surface area contributed by atoms with Gasteiger partial charge in [-0.05, 0) is 36.1 Å². The van der Waals surface area contributed by atoms with E-state index in [1.807, 2.05) is 24.3 Å². The molecule has 32 heavy (non-hydrogen) atoms. The van der Waals surface area contributed by atoms with E-state index in [2.05, 4.69) is 10.3 Å². The highest BCUT2D eigenvalue weighted by Gasteiger charge is 2.49. The lowest BCUT2D eigenvalue weighted by atomic mass is 9.90. The Hall–Kier alpha value is -2.55. The molecule has 1 fully saturated rings. The maximum atomic E-state index is 14.3. The van der Waals surface area contributed by atoms with E-state index in [9.17, 15) is 17.6 Å². The molecule has 1 unspecified atom stereocenters. The zero-order valence-electron chi connectivity index (χ0n) is 17.1. The van der Waals surface area contributed by atoms with E-state index in [0.29, 0.717) is 21.8 Å². The van der Waals surface area contributed by atoms with Gasteiger partial charge in [0.1, 0.15) is 5.67 Å². The minimum Gasteiger partial charge on any atom is -0.324 e. The number of alkyl halides is 1. The molecule has 2 heterocycles. The van der Waals surface area contributed by atoms with Crippen molar-refractivity contribution in [3.63, 3.8) is 0 Å². The van der Waals surface area contributed by atoms with Crippen LogP contribution in [-0.2, 0) is 21.4 Å². The maximum absolute atomic E-state index is 14.3. The second kappa shape index (κ2) is 7.79. The molecule has 1 N–H and O–H groups in total. The van der Waals surface area contributed by atoms with Crippen LogP contribution in [0.25, 0.3) is 10.8 Å². The van der Waals surface area contributed by atoms with Gasteiger partial charge in [-0.3, -0.25) is 9.78 Å². The molecule has 1 aliphatic heterocycles. The van der Waals surface area contributed by atoms with Crippen molar-refractivity contribution in [2.45, 2.75) is 31.0 Å². The van der Waals surface area contributed by atoms with Gasteiger partial charge >= 0.3 is 0 Å². The van der Waals surface area contributed by atoms with Crippen LogP contribution >= 0.6 is 11.6 Å². The van der Waals surface area contributed by atoms with Crippen LogP contribution in [0.1, 0.15) is 29.9 Å². The number of carbonyl (C=O) groups is 1. The summed E-state index contributed by atoms with van der Waals surface area (Å²) in [5.41, 5.74) is 0.253. The molecule has 6 nitrogen and oxygen atoms in total. The number of hydrogen-bond acceptors (Lipinski definition) is 4. The number of aromatic nitrogens is 1. The van der Waals surface area contributed by atoms with Crippen LogP contribution < -0.4 is 5.32 Å². The Bertz CT molecular complexity index is 1320. The Balaban J connectivity index is 1.48. The second-order valence-electron chi connectivity index (χ2n) is 8.49. The summed E-state index contributed by atoms with van der Waals surface area (Å²) in [4.78, 5) is 17.6. The number of nitrogens with zero attached hydrogens (tertiary/aromatic N) is 2. The van der Waals surface area contributed by atoms with Crippen molar-refractivity contribution in [3.8, 4) is 0 Å². The van der Waals surface area contributed by atoms with E-state index in [1.165, 1.54) is 4.31 Å². The van der Waals surface area contributed by atoms with Gasteiger partial charge in [0.05, 0.1) is 23.6 Å². The van der Waals surface area contributed by atoms with Crippen molar-refractivity contribution in [2.24, 2.45) is 0 Å². The summed E-state index contributed by atoms with van der Waals surface area (Å²) in [6.07, 6.45) is 3.78. The minimum absolute atomic E-state index is 0.0736. The first kappa shape index (κ1) is 21.3. The summed E-state index contributed by atoms with van der Waals surface area (Å²) in [5.74, 6) is -1.71. The van der Waals surface area contributed by atoms with Crippen LogP contribution in [0.4, 0.5) is 10.1 Å². The predicted octanol–water partition coefficient (Wildman–Crippen LogP) is 4.26. The number of pyridine rings is 1. The molecule has 1 atom stereocenters. The molecule has 1 aliphatic carbocycles. The Kier molecular flexibility index (Phi) is 5.19. The van der Waals surface area contributed by atoms with Crippen molar-refractivity contribution >= 4 is 44.0 Å². The second-order valence-corrected chi connectivity index (χ2v) is 10.9. The average Bonchev–Trinajstić information content (AvgIpc) is 3.48. The highest BCUT2D eigenvalue weighted by Crippen LogP contribution is 2.42. The number of benzene rings is 2. The average molecular weight is 474 g/mol. The molecule has 3 aromatic rings. The molecule has 0 spiro atoms. The summed E-state index contributed by atoms with van der Waals surface area (Å²) in [6, 6.07) is 12.6. The van der Waals surface area contributed by atoms with E-state index < -0.39 is 27.4 Å². The highest BCUT2D eigenvalue weighted by molar-refractivity contribution is 7.89. The SMILES string of the molecule is O=C(Nc1cncc2ccccc12)C1CN(S(=O)(=O)CC2(F)CC2)Cc2ccc(Cl)cc21. The Morgan fingerprint density at radius 2 is 2.00 bits per heavy atom. The first-order valence-electron chi connectivity index (χ1n) is 10.3. The zero-order chi connectivity index (χ0) is 22.5. The topological polar surface area (TPSA) is 79.4 Å². The van der Waals surface area contributed by atoms with E-state index in [1.54, 1.807) is 30.6 Å². The molecule has 9 heteroatoms. The quantitative estimate of drug-likeness (QED) is 0.600. The summed E-state index contributed by atoms with van der Waals surface area (Å²) in [7, 11) is -3.87. The lowest BCUT2D eigenvalue weighted by molar-refractivity contribution is -0.118. The van der Waals surface area contributed by atoms with Crippen molar-refractivity contribution in [3.05, 3.63) is 71.0 Å². The Morgan fingerprint density at radius 1 is 1.22 bits per heavy atom. The number of nitrogens with one attached hydrogen (secondary N) is 1. The van der Waals surface area contributed by atoms with Gasteiger partial charge in [-0.1, -0.05) is 41.9 Å². The normalized spacial score (nSPS) is 20.0. The molecule has 1 saturated carbocycles. The number of amides is 1. The number of sulfonamides is 1. The molecule has 2 aromatic carbocycles.